The van der Waals surface area contributed by atoms with Crippen molar-refractivity contribution in [3.8, 4) is 0 Å². The Morgan fingerprint density at radius 1 is 1.31 bits per heavy atom. The van der Waals surface area contributed by atoms with Gasteiger partial charge in [0.15, 0.2) is 0 Å². The lowest BCUT2D eigenvalue weighted by Gasteiger charge is -2.24. The van der Waals surface area contributed by atoms with Crippen LogP contribution in [0.15, 0.2) is 12.5 Å². The molecule has 0 aliphatic heterocycles. The molecule has 1 rings (SSSR count). The summed E-state index contributed by atoms with van der Waals surface area (Å²) in [5.41, 5.74) is 1.50. The maximum Gasteiger partial charge on any atom is 0.0949 e. The molecule has 1 heterocycles. The summed E-state index contributed by atoms with van der Waals surface area (Å²) in [7, 11) is 0. The zero-order valence-electron chi connectivity index (χ0n) is 11.5. The molecule has 0 saturated heterocycles. The molecule has 0 fully saturated rings. The molecular weight excluding hydrogens is 196 g/mol. The van der Waals surface area contributed by atoms with Gasteiger partial charge in [-0.25, -0.2) is 4.98 Å². The summed E-state index contributed by atoms with van der Waals surface area (Å²) in [6, 6.07) is 0. The first-order valence-corrected chi connectivity index (χ1v) is 6.58. The van der Waals surface area contributed by atoms with Gasteiger partial charge in [0, 0.05) is 18.2 Å². The first-order valence-electron chi connectivity index (χ1n) is 6.58. The highest BCUT2D eigenvalue weighted by Crippen LogP contribution is 2.29. The summed E-state index contributed by atoms with van der Waals surface area (Å²) in [4.78, 5) is 4.58. The van der Waals surface area contributed by atoms with E-state index in [4.69, 9.17) is 0 Å². The summed E-state index contributed by atoms with van der Waals surface area (Å²) >= 11 is 0. The van der Waals surface area contributed by atoms with E-state index < -0.39 is 0 Å². The SMILES string of the molecule is CCC(C)Cn1cnc(C(C)(CC)CC)c1. The van der Waals surface area contributed by atoms with E-state index >= 15 is 0 Å². The zero-order valence-corrected chi connectivity index (χ0v) is 11.5. The molecule has 92 valence electrons. The molecule has 2 nitrogen and oxygen atoms in total. The molecule has 0 aromatic carbocycles. The Hall–Kier alpha value is -0.790. The van der Waals surface area contributed by atoms with Gasteiger partial charge < -0.3 is 4.57 Å². The minimum atomic E-state index is 0.251. The normalized spacial score (nSPS) is 14.1. The number of aromatic nitrogens is 2. The molecular formula is C14H26N2. The number of nitrogens with zero attached hydrogens (tertiary/aromatic N) is 2. The summed E-state index contributed by atoms with van der Waals surface area (Å²) in [5, 5.41) is 0. The van der Waals surface area contributed by atoms with Crippen LogP contribution < -0.4 is 0 Å². The van der Waals surface area contributed by atoms with E-state index in [0.29, 0.717) is 0 Å². The summed E-state index contributed by atoms with van der Waals surface area (Å²) in [5.74, 6) is 0.733. The molecule has 0 aliphatic rings. The van der Waals surface area contributed by atoms with Crippen molar-refractivity contribution in [1.29, 1.82) is 0 Å². The first-order chi connectivity index (χ1) is 7.55. The highest BCUT2D eigenvalue weighted by molar-refractivity contribution is 5.11. The van der Waals surface area contributed by atoms with Crippen molar-refractivity contribution in [1.82, 2.24) is 9.55 Å². The van der Waals surface area contributed by atoms with Crippen LogP contribution in [0.25, 0.3) is 0 Å². The van der Waals surface area contributed by atoms with Gasteiger partial charge in [-0.2, -0.15) is 0 Å². The topological polar surface area (TPSA) is 17.8 Å². The summed E-state index contributed by atoms with van der Waals surface area (Å²) in [6.07, 6.45) is 7.77. The van der Waals surface area contributed by atoms with Gasteiger partial charge in [0.1, 0.15) is 0 Å². The van der Waals surface area contributed by atoms with E-state index in [2.05, 4.69) is 50.4 Å². The van der Waals surface area contributed by atoms with Crippen molar-refractivity contribution in [2.45, 2.75) is 65.8 Å². The van der Waals surface area contributed by atoms with Gasteiger partial charge in [0.25, 0.3) is 0 Å². The molecule has 0 N–H and O–H groups in total. The molecule has 1 atom stereocenters. The zero-order chi connectivity index (χ0) is 12.2. The Morgan fingerprint density at radius 3 is 2.44 bits per heavy atom. The monoisotopic (exact) mass is 222 g/mol. The largest absolute Gasteiger partial charge is 0.337 e. The van der Waals surface area contributed by atoms with Gasteiger partial charge >= 0.3 is 0 Å². The molecule has 0 spiro atoms. The summed E-state index contributed by atoms with van der Waals surface area (Å²) in [6.45, 7) is 12.4. The molecule has 0 radical (unpaired) electrons. The Labute approximate surface area is 100 Å². The van der Waals surface area contributed by atoms with Crippen LogP contribution in [0.3, 0.4) is 0 Å². The molecule has 16 heavy (non-hydrogen) atoms. The van der Waals surface area contributed by atoms with E-state index in [-0.39, 0.29) is 5.41 Å². The van der Waals surface area contributed by atoms with Crippen molar-refractivity contribution in [2.24, 2.45) is 5.92 Å². The van der Waals surface area contributed by atoms with Crippen LogP contribution in [0, 0.1) is 5.92 Å². The van der Waals surface area contributed by atoms with E-state index in [1.54, 1.807) is 0 Å². The average molecular weight is 222 g/mol. The van der Waals surface area contributed by atoms with Gasteiger partial charge in [0.05, 0.1) is 12.0 Å². The second-order valence-electron chi connectivity index (χ2n) is 5.24. The van der Waals surface area contributed by atoms with Crippen LogP contribution in [0.4, 0.5) is 0 Å². The fourth-order valence-corrected chi connectivity index (χ4v) is 1.87. The van der Waals surface area contributed by atoms with Crippen molar-refractivity contribution in [2.75, 3.05) is 0 Å². The van der Waals surface area contributed by atoms with Gasteiger partial charge in [-0.15, -0.1) is 0 Å². The molecule has 1 unspecified atom stereocenters. The van der Waals surface area contributed by atoms with Crippen molar-refractivity contribution in [3.63, 3.8) is 0 Å². The van der Waals surface area contributed by atoms with Crippen LogP contribution >= 0.6 is 0 Å². The van der Waals surface area contributed by atoms with E-state index in [1.165, 1.54) is 12.1 Å². The minimum Gasteiger partial charge on any atom is -0.337 e. The lowest BCUT2D eigenvalue weighted by atomic mass is 9.82. The molecule has 0 aliphatic carbocycles. The second kappa shape index (κ2) is 5.51. The fraction of sp³-hybridized carbons (Fsp3) is 0.786. The van der Waals surface area contributed by atoms with Gasteiger partial charge in [-0.1, -0.05) is 41.0 Å². The molecule has 1 aromatic heterocycles. The number of hydrogen-bond acceptors (Lipinski definition) is 1. The van der Waals surface area contributed by atoms with E-state index in [9.17, 15) is 0 Å². The Morgan fingerprint density at radius 2 is 1.94 bits per heavy atom. The van der Waals surface area contributed by atoms with Crippen molar-refractivity contribution >= 4 is 0 Å². The molecule has 0 bridgehead atoms. The molecule has 0 amide bonds. The maximum atomic E-state index is 4.58. The number of hydrogen-bond donors (Lipinski definition) is 0. The highest BCUT2D eigenvalue weighted by atomic mass is 15.0. The lowest BCUT2D eigenvalue weighted by molar-refractivity contribution is 0.425. The van der Waals surface area contributed by atoms with Crippen LogP contribution in [0.2, 0.25) is 0 Å². The third kappa shape index (κ3) is 2.87. The first kappa shape index (κ1) is 13.3. The maximum absolute atomic E-state index is 4.58. The number of imidazole rings is 1. The summed E-state index contributed by atoms with van der Waals surface area (Å²) < 4.78 is 2.24. The van der Waals surface area contributed by atoms with E-state index in [1.807, 2.05) is 6.33 Å². The predicted molar refractivity (Wildman–Crippen MR) is 69.6 cm³/mol. The van der Waals surface area contributed by atoms with Gasteiger partial charge in [-0.05, 0) is 18.8 Å². The standard InChI is InChI=1S/C14H26N2/c1-6-12(4)9-16-10-13(15-11-16)14(5,7-2)8-3/h10-12H,6-9H2,1-5H3. The molecule has 1 aromatic rings. The fourth-order valence-electron chi connectivity index (χ4n) is 1.87. The third-order valence-corrected chi connectivity index (χ3v) is 4.03. The Bertz CT molecular complexity index is 310. The van der Waals surface area contributed by atoms with Crippen LogP contribution in [0.1, 0.15) is 59.6 Å². The van der Waals surface area contributed by atoms with Crippen molar-refractivity contribution < 1.29 is 0 Å². The Kier molecular flexibility index (Phi) is 4.57. The smallest absolute Gasteiger partial charge is 0.0949 e. The van der Waals surface area contributed by atoms with Crippen LogP contribution in [-0.2, 0) is 12.0 Å². The Balaban J connectivity index is 2.78. The lowest BCUT2D eigenvalue weighted by Crippen LogP contribution is -2.20. The van der Waals surface area contributed by atoms with Crippen molar-refractivity contribution in [3.05, 3.63) is 18.2 Å². The highest BCUT2D eigenvalue weighted by Gasteiger charge is 2.24. The van der Waals surface area contributed by atoms with Gasteiger partial charge in [-0.3, -0.25) is 0 Å². The quantitative estimate of drug-likeness (QED) is 0.711. The predicted octanol–water partition coefficient (Wildman–Crippen LogP) is 4.01. The van der Waals surface area contributed by atoms with Crippen LogP contribution in [-0.4, -0.2) is 9.55 Å². The second-order valence-corrected chi connectivity index (χ2v) is 5.24. The van der Waals surface area contributed by atoms with E-state index in [0.717, 1.165) is 25.3 Å². The average Bonchev–Trinajstić information content (AvgIpc) is 2.76. The molecule has 2 heteroatoms. The number of rotatable bonds is 6. The molecule has 0 saturated carbocycles. The minimum absolute atomic E-state index is 0.251. The van der Waals surface area contributed by atoms with Crippen LogP contribution in [0.5, 0.6) is 0 Å². The van der Waals surface area contributed by atoms with Gasteiger partial charge in [0.2, 0.25) is 0 Å². The third-order valence-electron chi connectivity index (χ3n) is 4.03.